The first kappa shape index (κ1) is 14.8. The predicted octanol–water partition coefficient (Wildman–Crippen LogP) is 2.64. The maximum atomic E-state index is 12.2. The monoisotopic (exact) mass is 275 g/mol. The summed E-state index contributed by atoms with van der Waals surface area (Å²) in [7, 11) is 0. The Balaban J connectivity index is 2.62. The summed E-state index contributed by atoms with van der Waals surface area (Å²) in [5.41, 5.74) is 0. The molecule has 0 aliphatic carbocycles. The van der Waals surface area contributed by atoms with Gasteiger partial charge in [0.1, 0.15) is 6.61 Å². The van der Waals surface area contributed by atoms with Crippen LogP contribution in [0.2, 0.25) is 0 Å². The summed E-state index contributed by atoms with van der Waals surface area (Å²) in [5, 5.41) is 0.439. The first-order valence-electron chi connectivity index (χ1n) is 6.14. The molecule has 5 heteroatoms. The van der Waals surface area contributed by atoms with Crippen molar-refractivity contribution in [2.45, 2.75) is 51.3 Å². The van der Waals surface area contributed by atoms with Crippen molar-refractivity contribution in [2.75, 3.05) is 6.61 Å². The highest BCUT2D eigenvalue weighted by atomic mass is 32.1. The SMILES string of the molecule is CCC[C@@H](S)CC(=O)N1C(=S)OC[C@@H]1C(C)C. The second kappa shape index (κ2) is 6.59. The smallest absolute Gasteiger partial charge is 0.266 e. The number of ether oxygens (including phenoxy) is 1. The van der Waals surface area contributed by atoms with Gasteiger partial charge in [-0.05, 0) is 24.6 Å². The van der Waals surface area contributed by atoms with Crippen LogP contribution in [0.1, 0.15) is 40.0 Å². The van der Waals surface area contributed by atoms with Crippen molar-refractivity contribution in [2.24, 2.45) is 5.92 Å². The number of hydrogen-bond donors (Lipinski definition) is 1. The molecular weight excluding hydrogens is 254 g/mol. The number of rotatable bonds is 5. The minimum atomic E-state index is 0.0413. The van der Waals surface area contributed by atoms with Gasteiger partial charge in [0.25, 0.3) is 5.17 Å². The van der Waals surface area contributed by atoms with E-state index in [1.165, 1.54) is 0 Å². The van der Waals surface area contributed by atoms with Gasteiger partial charge in [-0.2, -0.15) is 12.6 Å². The number of carbonyl (C=O) groups is 1. The molecule has 17 heavy (non-hydrogen) atoms. The number of thiol groups is 1. The Morgan fingerprint density at radius 2 is 2.29 bits per heavy atom. The van der Waals surface area contributed by atoms with Crippen LogP contribution in [-0.2, 0) is 9.53 Å². The van der Waals surface area contributed by atoms with E-state index in [0.29, 0.717) is 24.1 Å². The lowest BCUT2D eigenvalue weighted by Gasteiger charge is -2.25. The normalized spacial score (nSPS) is 21.8. The van der Waals surface area contributed by atoms with Gasteiger partial charge in [-0.3, -0.25) is 9.69 Å². The molecule has 0 aromatic rings. The molecule has 0 aromatic heterocycles. The van der Waals surface area contributed by atoms with E-state index in [0.717, 1.165) is 12.8 Å². The Kier molecular flexibility index (Phi) is 5.73. The van der Waals surface area contributed by atoms with Crippen molar-refractivity contribution < 1.29 is 9.53 Å². The largest absolute Gasteiger partial charge is 0.468 e. The fourth-order valence-corrected chi connectivity index (χ4v) is 2.67. The van der Waals surface area contributed by atoms with Gasteiger partial charge in [-0.15, -0.1) is 0 Å². The predicted molar refractivity (Wildman–Crippen MR) is 76.3 cm³/mol. The zero-order valence-electron chi connectivity index (χ0n) is 10.7. The van der Waals surface area contributed by atoms with E-state index < -0.39 is 0 Å². The van der Waals surface area contributed by atoms with Crippen LogP contribution in [0.15, 0.2) is 0 Å². The van der Waals surface area contributed by atoms with Crippen molar-refractivity contribution in [3.63, 3.8) is 0 Å². The van der Waals surface area contributed by atoms with Gasteiger partial charge >= 0.3 is 0 Å². The molecule has 1 rings (SSSR count). The van der Waals surface area contributed by atoms with Crippen molar-refractivity contribution in [3.8, 4) is 0 Å². The lowest BCUT2D eigenvalue weighted by molar-refractivity contribution is -0.128. The topological polar surface area (TPSA) is 29.5 Å². The van der Waals surface area contributed by atoms with Crippen molar-refractivity contribution in [3.05, 3.63) is 0 Å². The summed E-state index contributed by atoms with van der Waals surface area (Å²) in [6, 6.07) is 0.0807. The van der Waals surface area contributed by atoms with Gasteiger partial charge < -0.3 is 4.74 Å². The molecule has 3 nitrogen and oxygen atoms in total. The summed E-state index contributed by atoms with van der Waals surface area (Å²) in [4.78, 5) is 13.8. The minimum absolute atomic E-state index is 0.0413. The highest BCUT2D eigenvalue weighted by Crippen LogP contribution is 2.22. The average molecular weight is 275 g/mol. The molecule has 1 heterocycles. The Hall–Kier alpha value is -0.290. The summed E-state index contributed by atoms with van der Waals surface area (Å²) in [6.07, 6.45) is 2.42. The lowest BCUT2D eigenvalue weighted by atomic mass is 10.0. The number of carbonyl (C=O) groups excluding carboxylic acids is 1. The van der Waals surface area contributed by atoms with Crippen LogP contribution in [0.4, 0.5) is 0 Å². The molecule has 1 amide bonds. The third-order valence-electron chi connectivity index (χ3n) is 2.98. The van der Waals surface area contributed by atoms with Crippen LogP contribution >= 0.6 is 24.8 Å². The van der Waals surface area contributed by atoms with Gasteiger partial charge in [0, 0.05) is 11.7 Å². The van der Waals surface area contributed by atoms with Gasteiger partial charge in [-0.1, -0.05) is 27.2 Å². The number of hydrogen-bond acceptors (Lipinski definition) is 4. The number of amides is 1. The van der Waals surface area contributed by atoms with E-state index in [2.05, 4.69) is 33.4 Å². The quantitative estimate of drug-likeness (QED) is 0.618. The van der Waals surface area contributed by atoms with E-state index in [1.54, 1.807) is 4.90 Å². The molecule has 1 aliphatic heterocycles. The fraction of sp³-hybridized carbons (Fsp3) is 0.833. The van der Waals surface area contributed by atoms with Crippen LogP contribution in [0.25, 0.3) is 0 Å². The molecule has 1 saturated heterocycles. The standard InChI is InChI=1S/C12H21NO2S2/c1-4-5-9(16)6-11(14)13-10(8(2)3)7-15-12(13)17/h8-10,16H,4-7H2,1-3H3/t9-,10-/m1/s1. The first-order chi connectivity index (χ1) is 7.97. The molecule has 0 saturated carbocycles. The molecule has 0 unspecified atom stereocenters. The third-order valence-corrected chi connectivity index (χ3v) is 3.73. The van der Waals surface area contributed by atoms with E-state index in [1.807, 2.05) is 0 Å². The Bertz CT molecular complexity index is 294. The first-order valence-corrected chi connectivity index (χ1v) is 7.06. The summed E-state index contributed by atoms with van der Waals surface area (Å²) in [6.45, 7) is 6.76. The molecule has 0 N–H and O–H groups in total. The van der Waals surface area contributed by atoms with Crippen molar-refractivity contribution in [1.29, 1.82) is 0 Å². The van der Waals surface area contributed by atoms with Crippen LogP contribution in [0, 0.1) is 5.92 Å². The Labute approximate surface area is 114 Å². The summed E-state index contributed by atoms with van der Waals surface area (Å²) >= 11 is 9.51. The third kappa shape index (κ3) is 3.85. The van der Waals surface area contributed by atoms with Gasteiger partial charge in [0.05, 0.1) is 6.04 Å². The molecule has 1 aliphatic rings. The molecule has 2 atom stereocenters. The van der Waals surface area contributed by atoms with Crippen LogP contribution in [0.5, 0.6) is 0 Å². The molecule has 0 radical (unpaired) electrons. The molecular formula is C12H21NO2S2. The summed E-state index contributed by atoms with van der Waals surface area (Å²) < 4.78 is 5.31. The number of nitrogens with zero attached hydrogens (tertiary/aromatic N) is 1. The van der Waals surface area contributed by atoms with Gasteiger partial charge in [-0.25, -0.2) is 0 Å². The van der Waals surface area contributed by atoms with Crippen LogP contribution < -0.4 is 0 Å². The molecule has 98 valence electrons. The van der Waals surface area contributed by atoms with Crippen molar-refractivity contribution >= 4 is 35.9 Å². The highest BCUT2D eigenvalue weighted by molar-refractivity contribution is 7.81. The fourth-order valence-electron chi connectivity index (χ4n) is 1.95. The Morgan fingerprint density at radius 3 is 2.82 bits per heavy atom. The second-order valence-corrected chi connectivity index (χ2v) is 5.88. The summed E-state index contributed by atoms with van der Waals surface area (Å²) in [5.74, 6) is 0.392. The molecule has 0 bridgehead atoms. The highest BCUT2D eigenvalue weighted by Gasteiger charge is 2.36. The van der Waals surface area contributed by atoms with E-state index in [9.17, 15) is 4.79 Å². The average Bonchev–Trinajstić information content (AvgIpc) is 2.60. The molecule has 1 fully saturated rings. The minimum Gasteiger partial charge on any atom is -0.468 e. The zero-order chi connectivity index (χ0) is 13.0. The van der Waals surface area contributed by atoms with Gasteiger partial charge in [0.15, 0.2) is 0 Å². The van der Waals surface area contributed by atoms with E-state index >= 15 is 0 Å². The van der Waals surface area contributed by atoms with Crippen molar-refractivity contribution in [1.82, 2.24) is 4.90 Å². The van der Waals surface area contributed by atoms with Crippen LogP contribution in [-0.4, -0.2) is 33.9 Å². The molecule has 0 spiro atoms. The zero-order valence-corrected chi connectivity index (χ0v) is 12.4. The molecule has 0 aromatic carbocycles. The maximum Gasteiger partial charge on any atom is 0.266 e. The van der Waals surface area contributed by atoms with Gasteiger partial charge in [0.2, 0.25) is 5.91 Å². The van der Waals surface area contributed by atoms with Crippen LogP contribution in [0.3, 0.4) is 0 Å². The van der Waals surface area contributed by atoms with E-state index in [4.69, 9.17) is 17.0 Å². The Morgan fingerprint density at radius 1 is 1.65 bits per heavy atom. The van der Waals surface area contributed by atoms with E-state index in [-0.39, 0.29) is 17.2 Å². The second-order valence-electron chi connectivity index (χ2n) is 4.80. The lowest BCUT2D eigenvalue weighted by Crippen LogP contribution is -2.42. The number of thiocarbonyl (C=S) groups is 1. The maximum absolute atomic E-state index is 12.2.